The van der Waals surface area contributed by atoms with Crippen molar-refractivity contribution in [2.45, 2.75) is 19.8 Å². The van der Waals surface area contributed by atoms with Crippen LogP contribution in [0.5, 0.6) is 5.88 Å². The molecule has 0 aliphatic carbocycles. The summed E-state index contributed by atoms with van der Waals surface area (Å²) in [6.45, 7) is 3.56. The summed E-state index contributed by atoms with van der Waals surface area (Å²) in [5.41, 5.74) is 2.15. The Morgan fingerprint density at radius 1 is 1.20 bits per heavy atom. The number of nitrogens with one attached hydrogen (secondary N) is 1. The lowest BCUT2D eigenvalue weighted by molar-refractivity contribution is -0.116. The molecule has 0 unspecified atom stereocenters. The van der Waals surface area contributed by atoms with Crippen LogP contribution in [0.25, 0.3) is 10.9 Å². The maximum Gasteiger partial charge on any atom is 0.285 e. The van der Waals surface area contributed by atoms with Gasteiger partial charge in [0, 0.05) is 9.86 Å². The van der Waals surface area contributed by atoms with Gasteiger partial charge in [-0.2, -0.15) is 0 Å². The Balaban J connectivity index is 1.85. The summed E-state index contributed by atoms with van der Waals surface area (Å²) in [4.78, 5) is 15.1. The first-order chi connectivity index (χ1) is 14.1. The van der Waals surface area contributed by atoms with Gasteiger partial charge in [0.15, 0.2) is 5.69 Å². The van der Waals surface area contributed by atoms with Crippen LogP contribution < -0.4 is 4.31 Å². The number of hydrogen-bond acceptors (Lipinski definition) is 5. The average Bonchev–Trinajstić information content (AvgIpc) is 2.98. The molecule has 0 saturated carbocycles. The average molecular weight is 493 g/mol. The van der Waals surface area contributed by atoms with E-state index in [4.69, 9.17) is 0 Å². The van der Waals surface area contributed by atoms with Crippen LogP contribution in [0.2, 0.25) is 0 Å². The topological polar surface area (TPSA) is 115 Å². The molecule has 1 heterocycles. The first-order valence-corrected chi connectivity index (χ1v) is 11.7. The van der Waals surface area contributed by atoms with Crippen molar-refractivity contribution >= 4 is 54.1 Å². The third-order valence-electron chi connectivity index (χ3n) is 4.50. The van der Waals surface area contributed by atoms with Gasteiger partial charge in [-0.25, -0.2) is 8.42 Å². The Hall–Kier alpha value is -2.72. The summed E-state index contributed by atoms with van der Waals surface area (Å²) in [5.74, 6) is -0.703. The molecule has 0 radical (unpaired) electrons. The zero-order chi connectivity index (χ0) is 22.1. The fourth-order valence-electron chi connectivity index (χ4n) is 2.92. The van der Waals surface area contributed by atoms with Crippen molar-refractivity contribution in [3.05, 3.63) is 52.5 Å². The quantitative estimate of drug-likeness (QED) is 0.479. The molecule has 0 bridgehead atoms. The van der Waals surface area contributed by atoms with E-state index in [1.165, 1.54) is 0 Å². The Kier molecular flexibility index (Phi) is 6.27. The number of aromatic amines is 1. The minimum atomic E-state index is -3.72. The van der Waals surface area contributed by atoms with E-state index in [0.717, 1.165) is 20.6 Å². The summed E-state index contributed by atoms with van der Waals surface area (Å²) in [6.07, 6.45) is 1.02. The van der Waals surface area contributed by atoms with Crippen LogP contribution >= 0.6 is 15.9 Å². The van der Waals surface area contributed by atoms with Gasteiger partial charge in [0.25, 0.3) is 5.91 Å². The number of aromatic nitrogens is 1. The summed E-state index contributed by atoms with van der Waals surface area (Å²) in [5, 5.41) is 18.1. The number of aromatic hydroxyl groups is 1. The predicted octanol–water partition coefficient (Wildman–Crippen LogP) is 4.84. The minimum absolute atomic E-state index is 0.104. The first kappa shape index (κ1) is 22.0. The zero-order valence-electron chi connectivity index (χ0n) is 16.6. The van der Waals surface area contributed by atoms with Crippen molar-refractivity contribution in [3.8, 4) is 5.88 Å². The highest BCUT2D eigenvalue weighted by Crippen LogP contribution is 2.36. The molecule has 3 rings (SSSR count). The van der Waals surface area contributed by atoms with Crippen LogP contribution in [0.3, 0.4) is 0 Å². The van der Waals surface area contributed by atoms with Crippen molar-refractivity contribution in [2.24, 2.45) is 10.2 Å². The molecular weight excluding hydrogens is 472 g/mol. The molecule has 158 valence electrons. The molecule has 0 spiro atoms. The molecule has 0 fully saturated rings. The second kappa shape index (κ2) is 8.57. The maximum atomic E-state index is 12.4. The molecule has 8 nitrogen and oxygen atoms in total. The molecule has 2 aromatic carbocycles. The van der Waals surface area contributed by atoms with Crippen molar-refractivity contribution in [2.75, 3.05) is 17.1 Å². The third-order valence-corrected chi connectivity index (χ3v) is 6.14. The van der Waals surface area contributed by atoms with Gasteiger partial charge in [-0.1, -0.05) is 41.9 Å². The highest BCUT2D eigenvalue weighted by atomic mass is 79.9. The van der Waals surface area contributed by atoms with E-state index in [0.29, 0.717) is 22.5 Å². The fourth-order valence-corrected chi connectivity index (χ4v) is 4.13. The number of halogens is 1. The second-order valence-electron chi connectivity index (χ2n) is 7.12. The Labute approximate surface area is 182 Å². The lowest BCUT2D eigenvalue weighted by Crippen LogP contribution is -2.34. The van der Waals surface area contributed by atoms with Gasteiger partial charge < -0.3 is 10.1 Å². The van der Waals surface area contributed by atoms with Gasteiger partial charge >= 0.3 is 0 Å². The molecule has 1 amide bonds. The number of carbonyl (C=O) groups is 1. The van der Waals surface area contributed by atoms with Gasteiger partial charge in [0.05, 0.1) is 17.5 Å². The summed E-state index contributed by atoms with van der Waals surface area (Å²) >= 11 is 3.34. The van der Waals surface area contributed by atoms with E-state index in [9.17, 15) is 18.3 Å². The number of H-pyrrole nitrogens is 1. The van der Waals surface area contributed by atoms with Crippen LogP contribution in [0.4, 0.5) is 11.4 Å². The van der Waals surface area contributed by atoms with E-state index in [1.807, 2.05) is 26.0 Å². The van der Waals surface area contributed by atoms with Crippen LogP contribution in [0.1, 0.15) is 25.3 Å². The number of rotatable bonds is 6. The van der Waals surface area contributed by atoms with Gasteiger partial charge in [-0.05, 0) is 41.8 Å². The SMILES string of the molecule is CC(C)c1ccc(N(CC(=O)N=Nc2c(O)[nH]c3ccc(Br)cc23)S(C)(=O)=O)cc1. The number of sulfonamides is 1. The van der Waals surface area contributed by atoms with Crippen LogP contribution in [0.15, 0.2) is 57.2 Å². The normalized spacial score (nSPS) is 12.2. The number of fused-ring (bicyclic) bond motifs is 1. The molecule has 3 aromatic rings. The molecule has 1 aromatic heterocycles. The van der Waals surface area contributed by atoms with Crippen molar-refractivity contribution in [1.29, 1.82) is 0 Å². The van der Waals surface area contributed by atoms with Gasteiger partial charge in [-0.3, -0.25) is 9.10 Å². The molecule has 30 heavy (non-hydrogen) atoms. The number of benzene rings is 2. The summed E-state index contributed by atoms with van der Waals surface area (Å²) < 4.78 is 26.2. The monoisotopic (exact) mass is 492 g/mol. The summed E-state index contributed by atoms with van der Waals surface area (Å²) in [7, 11) is -3.72. The Morgan fingerprint density at radius 2 is 1.87 bits per heavy atom. The van der Waals surface area contributed by atoms with Crippen LogP contribution in [-0.2, 0) is 14.8 Å². The first-order valence-electron chi connectivity index (χ1n) is 9.08. The highest BCUT2D eigenvalue weighted by Gasteiger charge is 2.21. The van der Waals surface area contributed by atoms with E-state index in [-0.39, 0.29) is 11.6 Å². The number of nitrogens with zero attached hydrogens (tertiary/aromatic N) is 3. The van der Waals surface area contributed by atoms with Gasteiger partial charge in [-0.15, -0.1) is 10.2 Å². The smallest absolute Gasteiger partial charge is 0.285 e. The van der Waals surface area contributed by atoms with Crippen molar-refractivity contribution in [1.82, 2.24) is 4.98 Å². The van der Waals surface area contributed by atoms with E-state index >= 15 is 0 Å². The maximum absolute atomic E-state index is 12.4. The lowest BCUT2D eigenvalue weighted by atomic mass is 10.0. The minimum Gasteiger partial charge on any atom is -0.493 e. The highest BCUT2D eigenvalue weighted by molar-refractivity contribution is 9.10. The second-order valence-corrected chi connectivity index (χ2v) is 9.94. The van der Waals surface area contributed by atoms with E-state index < -0.39 is 22.5 Å². The van der Waals surface area contributed by atoms with Crippen LogP contribution in [-0.4, -0.2) is 37.2 Å². The number of hydrogen-bond donors (Lipinski definition) is 2. The number of anilines is 1. The predicted molar refractivity (Wildman–Crippen MR) is 120 cm³/mol. The lowest BCUT2D eigenvalue weighted by Gasteiger charge is -2.21. The van der Waals surface area contributed by atoms with Gasteiger partial charge in [0.2, 0.25) is 15.9 Å². The van der Waals surface area contributed by atoms with E-state index in [2.05, 4.69) is 31.1 Å². The Bertz CT molecular complexity index is 1220. The zero-order valence-corrected chi connectivity index (χ0v) is 19.0. The van der Waals surface area contributed by atoms with Crippen molar-refractivity contribution < 1.29 is 18.3 Å². The summed E-state index contributed by atoms with van der Waals surface area (Å²) in [6, 6.07) is 12.2. The Morgan fingerprint density at radius 3 is 2.47 bits per heavy atom. The third kappa shape index (κ3) is 4.88. The molecule has 10 heteroatoms. The molecular formula is C20H21BrN4O4S. The molecule has 0 aliphatic rings. The molecule has 0 aliphatic heterocycles. The van der Waals surface area contributed by atoms with Gasteiger partial charge in [0.1, 0.15) is 6.54 Å². The fraction of sp³-hybridized carbons (Fsp3) is 0.250. The van der Waals surface area contributed by atoms with E-state index in [1.54, 1.807) is 30.3 Å². The number of azo groups is 1. The standard InChI is InChI=1S/C20H21BrN4O4S/c1-12(2)13-4-7-15(8-5-13)25(30(3,28)29)11-18(26)23-24-19-16-10-14(21)6-9-17(16)22-20(19)27/h4-10,12,22,27H,11H2,1-3H3. The van der Waals surface area contributed by atoms with Crippen molar-refractivity contribution in [3.63, 3.8) is 0 Å². The molecule has 0 saturated heterocycles. The molecule has 2 N–H and O–H groups in total. The number of amides is 1. The van der Waals surface area contributed by atoms with Crippen LogP contribution in [0, 0.1) is 0 Å². The number of carbonyl (C=O) groups excluding carboxylic acids is 1. The molecule has 0 atom stereocenters. The largest absolute Gasteiger partial charge is 0.493 e.